The lowest BCUT2D eigenvalue weighted by molar-refractivity contribution is -0.150. The summed E-state index contributed by atoms with van der Waals surface area (Å²) in [6.45, 7) is -0.201. The molecule has 15 heteroatoms. The molecule has 2 atom stereocenters. The maximum atomic E-state index is 12.9. The van der Waals surface area contributed by atoms with Gasteiger partial charge in [-0.2, -0.15) is 9.36 Å². The molecule has 2 aromatic heterocycles. The number of hydrogen-bond donors (Lipinski definition) is 3. The van der Waals surface area contributed by atoms with E-state index in [1.54, 1.807) is 29.9 Å². The Labute approximate surface area is 217 Å². The first-order chi connectivity index (χ1) is 17.4. The van der Waals surface area contributed by atoms with Crippen LogP contribution in [0.2, 0.25) is 0 Å². The first kappa shape index (κ1) is 25.2. The van der Waals surface area contributed by atoms with Crippen molar-refractivity contribution >= 4 is 69.8 Å². The van der Waals surface area contributed by atoms with Gasteiger partial charge in [-0.3, -0.25) is 19.5 Å². The van der Waals surface area contributed by atoms with Gasteiger partial charge in [0.1, 0.15) is 17.1 Å². The number of anilines is 1. The number of pyridine rings is 1. The van der Waals surface area contributed by atoms with Gasteiger partial charge in [0.2, 0.25) is 11.5 Å². The molecule has 184 valence electrons. The fourth-order valence-corrected chi connectivity index (χ4v) is 6.00. The second-order valence-electron chi connectivity index (χ2n) is 7.02. The predicted molar refractivity (Wildman–Crippen MR) is 136 cm³/mol. The van der Waals surface area contributed by atoms with Gasteiger partial charge >= 0.3 is 5.97 Å². The number of amides is 2. The van der Waals surface area contributed by atoms with Gasteiger partial charge in [-0.05, 0) is 23.1 Å². The van der Waals surface area contributed by atoms with Gasteiger partial charge in [-0.25, -0.2) is 4.79 Å². The molecule has 0 spiro atoms. The van der Waals surface area contributed by atoms with E-state index in [4.69, 9.17) is 17.0 Å². The van der Waals surface area contributed by atoms with E-state index in [2.05, 4.69) is 30.7 Å². The average Bonchev–Trinajstić information content (AvgIpc) is 3.30. The molecule has 4 heterocycles. The highest BCUT2D eigenvalue weighted by molar-refractivity contribution is 8.08. The maximum absolute atomic E-state index is 12.9. The number of β-lactam (4-membered cyclic amide) rings is 1. The number of aromatic nitrogens is 3. The van der Waals surface area contributed by atoms with Crippen LogP contribution in [0.1, 0.15) is 11.4 Å². The molecule has 0 saturated carbocycles. The van der Waals surface area contributed by atoms with Crippen LogP contribution in [0.4, 0.5) is 5.13 Å². The summed E-state index contributed by atoms with van der Waals surface area (Å²) in [4.78, 5) is 52.4. The van der Waals surface area contributed by atoms with E-state index in [9.17, 15) is 19.5 Å². The maximum Gasteiger partial charge on any atom is 0.353 e. The van der Waals surface area contributed by atoms with E-state index in [1.165, 1.54) is 28.4 Å². The standard InChI is InChI=1S/C21H17N7O5S3/c1-2-7-33-26-13(16-25-21(22)36-27-16)17(29)24-14-18(30)28-15(20(31)32)12(10-35-19(14)28)34-8-5-11-4-3-6-23-9-11/h1,3-6,8-9,14,19H,7,10H2,(H,24,29)(H,31,32)(H2,22,25,27)/b8-5-,26-13?/t14?,19-/m0/s1. The third-order valence-electron chi connectivity index (χ3n) is 4.75. The lowest BCUT2D eigenvalue weighted by Crippen LogP contribution is -2.71. The molecular formula is C21H17N7O5S3. The molecule has 4 N–H and O–H groups in total. The van der Waals surface area contributed by atoms with Gasteiger partial charge in [-0.15, -0.1) is 18.2 Å². The lowest BCUT2D eigenvalue weighted by Gasteiger charge is -2.49. The highest BCUT2D eigenvalue weighted by Crippen LogP contribution is 2.43. The quantitative estimate of drug-likeness (QED) is 0.135. The number of carboxylic acid groups (broad SMARTS) is 1. The average molecular weight is 544 g/mol. The molecule has 2 aliphatic rings. The molecule has 2 aliphatic heterocycles. The Morgan fingerprint density at radius 1 is 1.50 bits per heavy atom. The van der Waals surface area contributed by atoms with Gasteiger partial charge < -0.3 is 21.0 Å². The van der Waals surface area contributed by atoms with E-state index in [0.29, 0.717) is 10.7 Å². The Balaban J connectivity index is 1.49. The Hall–Kier alpha value is -3.87. The highest BCUT2D eigenvalue weighted by Gasteiger charge is 2.54. The molecule has 1 unspecified atom stereocenters. The molecular weight excluding hydrogens is 526 g/mol. The second kappa shape index (κ2) is 11.2. The third kappa shape index (κ3) is 5.35. The summed E-state index contributed by atoms with van der Waals surface area (Å²) in [5, 5.41) is 17.3. The SMILES string of the molecule is C#CCON=C(C(=O)NC1C(=O)N2C(C(=O)O)=C(S/C=C\c3cccnc3)CS[C@@H]12)c1nsc(N)n1. The number of carbonyl (C=O) groups excluding carboxylic acids is 2. The van der Waals surface area contributed by atoms with Crippen LogP contribution < -0.4 is 11.1 Å². The van der Waals surface area contributed by atoms with Crippen molar-refractivity contribution in [2.45, 2.75) is 11.4 Å². The van der Waals surface area contributed by atoms with Crippen molar-refractivity contribution in [1.29, 1.82) is 0 Å². The van der Waals surface area contributed by atoms with E-state index >= 15 is 0 Å². The molecule has 0 aliphatic carbocycles. The topological polar surface area (TPSA) is 173 Å². The highest BCUT2D eigenvalue weighted by atomic mass is 32.2. The van der Waals surface area contributed by atoms with Crippen molar-refractivity contribution in [2.24, 2.45) is 5.16 Å². The number of nitrogens with zero attached hydrogens (tertiary/aromatic N) is 5. The number of oxime groups is 1. The van der Waals surface area contributed by atoms with Crippen LogP contribution in [0.5, 0.6) is 0 Å². The minimum absolute atomic E-state index is 0.0860. The molecule has 4 rings (SSSR count). The summed E-state index contributed by atoms with van der Waals surface area (Å²) in [6, 6.07) is 2.67. The van der Waals surface area contributed by atoms with Gasteiger partial charge in [-0.1, -0.05) is 28.9 Å². The number of nitrogens with one attached hydrogen (secondary N) is 1. The number of aliphatic carboxylic acids is 1. The van der Waals surface area contributed by atoms with Crippen molar-refractivity contribution in [1.82, 2.24) is 24.6 Å². The van der Waals surface area contributed by atoms with Crippen LogP contribution >= 0.6 is 35.1 Å². The normalized spacial score (nSPS) is 19.5. The number of hydrogen-bond acceptors (Lipinski definition) is 12. The van der Waals surface area contributed by atoms with Crippen LogP contribution in [0.15, 0.2) is 45.7 Å². The summed E-state index contributed by atoms with van der Waals surface area (Å²) in [6.07, 6.45) is 10.3. The fourth-order valence-electron chi connectivity index (χ4n) is 3.21. The smallest absolute Gasteiger partial charge is 0.353 e. The molecule has 1 fully saturated rings. The first-order valence-corrected chi connectivity index (χ1v) is 12.8. The van der Waals surface area contributed by atoms with Crippen molar-refractivity contribution in [3.05, 3.63) is 51.9 Å². The van der Waals surface area contributed by atoms with Crippen LogP contribution in [-0.4, -0.2) is 71.6 Å². The summed E-state index contributed by atoms with van der Waals surface area (Å²) in [5.74, 6) is -0.130. The third-order valence-corrected chi connectivity index (χ3v) is 7.65. The largest absolute Gasteiger partial charge is 0.477 e. The van der Waals surface area contributed by atoms with Gasteiger partial charge in [0.15, 0.2) is 11.7 Å². The number of carbonyl (C=O) groups is 3. The Kier molecular flexibility index (Phi) is 7.88. The van der Waals surface area contributed by atoms with Crippen molar-refractivity contribution in [2.75, 3.05) is 18.1 Å². The number of fused-ring (bicyclic) bond motifs is 1. The molecule has 2 amide bonds. The molecule has 12 nitrogen and oxygen atoms in total. The Bertz CT molecular complexity index is 1320. The second-order valence-corrected chi connectivity index (χ2v) is 9.91. The minimum atomic E-state index is -1.23. The number of thioether (sulfide) groups is 2. The molecule has 2 aromatic rings. The van der Waals surface area contributed by atoms with Crippen molar-refractivity contribution in [3.63, 3.8) is 0 Å². The Morgan fingerprint density at radius 3 is 3.00 bits per heavy atom. The van der Waals surface area contributed by atoms with Crippen LogP contribution in [0, 0.1) is 12.3 Å². The molecule has 1 saturated heterocycles. The monoisotopic (exact) mass is 543 g/mol. The summed E-state index contributed by atoms with van der Waals surface area (Å²) in [5.41, 5.74) is 6.02. The lowest BCUT2D eigenvalue weighted by atomic mass is 10.0. The van der Waals surface area contributed by atoms with Gasteiger partial charge in [0.05, 0.1) is 0 Å². The number of terminal acetylenes is 1. The summed E-state index contributed by atoms with van der Waals surface area (Å²) in [7, 11) is 0. The van der Waals surface area contributed by atoms with Crippen molar-refractivity contribution in [3.8, 4) is 12.3 Å². The zero-order valence-electron chi connectivity index (χ0n) is 18.2. The van der Waals surface area contributed by atoms with Gasteiger partial charge in [0, 0.05) is 34.6 Å². The van der Waals surface area contributed by atoms with E-state index in [-0.39, 0.29) is 29.0 Å². The van der Waals surface area contributed by atoms with E-state index in [0.717, 1.165) is 17.1 Å². The number of nitrogen functional groups attached to an aromatic ring is 1. The number of nitrogens with two attached hydrogens (primary N) is 1. The minimum Gasteiger partial charge on any atom is -0.477 e. The van der Waals surface area contributed by atoms with E-state index in [1.807, 2.05) is 6.07 Å². The molecule has 0 radical (unpaired) electrons. The molecule has 0 bridgehead atoms. The van der Waals surface area contributed by atoms with Crippen molar-refractivity contribution < 1.29 is 24.3 Å². The molecule has 36 heavy (non-hydrogen) atoms. The summed E-state index contributed by atoms with van der Waals surface area (Å²) >= 11 is 3.39. The van der Waals surface area contributed by atoms with Crippen LogP contribution in [-0.2, 0) is 19.2 Å². The number of rotatable bonds is 9. The first-order valence-electron chi connectivity index (χ1n) is 10.1. The Morgan fingerprint density at radius 2 is 2.33 bits per heavy atom. The number of carboxylic acids is 1. The molecule has 0 aromatic carbocycles. The van der Waals surface area contributed by atoms with Crippen LogP contribution in [0.3, 0.4) is 0 Å². The van der Waals surface area contributed by atoms with Crippen LogP contribution in [0.25, 0.3) is 6.08 Å². The van der Waals surface area contributed by atoms with Gasteiger partial charge in [0.25, 0.3) is 11.8 Å². The predicted octanol–water partition coefficient (Wildman–Crippen LogP) is 0.969. The zero-order valence-corrected chi connectivity index (χ0v) is 20.7. The fraction of sp³-hybridized carbons (Fsp3) is 0.190. The zero-order chi connectivity index (χ0) is 25.7. The summed E-state index contributed by atoms with van der Waals surface area (Å²) < 4.78 is 3.95. The van der Waals surface area contributed by atoms with E-state index < -0.39 is 29.2 Å².